The van der Waals surface area contributed by atoms with Gasteiger partial charge in [0.15, 0.2) is 11.0 Å². The summed E-state index contributed by atoms with van der Waals surface area (Å²) in [7, 11) is -0.500. The minimum Gasteiger partial charge on any atom is -0.497 e. The summed E-state index contributed by atoms with van der Waals surface area (Å²) in [6.45, 7) is 2.81. The Balaban J connectivity index is 1.19. The van der Waals surface area contributed by atoms with E-state index in [2.05, 4.69) is 10.2 Å². The highest BCUT2D eigenvalue weighted by atomic mass is 32.2. The number of carbonyl (C=O) groups is 1. The Labute approximate surface area is 256 Å². The second-order valence-electron chi connectivity index (χ2n) is 10.1. The van der Waals surface area contributed by atoms with Gasteiger partial charge in [-0.05, 0) is 61.9 Å². The standard InChI is InChI=1S/C31H35N5O5S2/c1-23-22-34(18-19-35(23)43(38,39)28-16-14-26(40-2)15-17-28)29(37)13-8-20-42-31-33-32-30(24-9-7-12-27(21-24)41-3)36(31)25-10-5-4-6-11-25/h4-7,9-12,14-17,21,23H,8,13,18-20,22H2,1-3H3. The van der Waals surface area contributed by atoms with Crippen molar-refractivity contribution in [2.45, 2.75) is 35.9 Å². The number of sulfonamides is 1. The molecule has 43 heavy (non-hydrogen) atoms. The Morgan fingerprint density at radius 1 is 0.930 bits per heavy atom. The van der Waals surface area contributed by atoms with Gasteiger partial charge in [-0.2, -0.15) is 4.31 Å². The summed E-state index contributed by atoms with van der Waals surface area (Å²) in [6, 6.07) is 23.7. The van der Waals surface area contributed by atoms with Crippen LogP contribution >= 0.6 is 11.8 Å². The molecular weight excluding hydrogens is 587 g/mol. The molecule has 1 unspecified atom stereocenters. The third kappa shape index (κ3) is 6.87. The number of amides is 1. The summed E-state index contributed by atoms with van der Waals surface area (Å²) in [4.78, 5) is 15.1. The van der Waals surface area contributed by atoms with Crippen LogP contribution in [0.5, 0.6) is 11.5 Å². The summed E-state index contributed by atoms with van der Waals surface area (Å²) < 4.78 is 40.5. The van der Waals surface area contributed by atoms with E-state index < -0.39 is 10.0 Å². The number of ether oxygens (including phenoxy) is 2. The number of benzene rings is 3. The van der Waals surface area contributed by atoms with Gasteiger partial charge in [0.1, 0.15) is 11.5 Å². The maximum absolute atomic E-state index is 13.2. The van der Waals surface area contributed by atoms with Gasteiger partial charge in [-0.15, -0.1) is 10.2 Å². The SMILES string of the molecule is COc1ccc(S(=O)(=O)N2CCN(C(=O)CCCSc3nnc(-c4cccc(OC)c4)n3-c3ccccc3)CC2C)cc1. The number of para-hydroxylation sites is 1. The van der Waals surface area contributed by atoms with Gasteiger partial charge >= 0.3 is 0 Å². The molecule has 5 rings (SSSR count). The monoisotopic (exact) mass is 621 g/mol. The van der Waals surface area contributed by atoms with Crippen LogP contribution in [0.3, 0.4) is 0 Å². The molecule has 0 spiro atoms. The van der Waals surface area contributed by atoms with Crippen LogP contribution in [0.15, 0.2) is 88.9 Å². The number of piperazine rings is 1. The van der Waals surface area contributed by atoms with Crippen molar-refractivity contribution in [3.8, 4) is 28.6 Å². The van der Waals surface area contributed by atoms with E-state index >= 15 is 0 Å². The lowest BCUT2D eigenvalue weighted by molar-refractivity contribution is -0.133. The van der Waals surface area contributed by atoms with E-state index in [1.165, 1.54) is 11.4 Å². The number of nitrogens with zero attached hydrogens (tertiary/aromatic N) is 5. The molecule has 0 N–H and O–H groups in total. The fraction of sp³-hybridized carbons (Fsp3) is 0.323. The molecule has 4 aromatic rings. The summed E-state index contributed by atoms with van der Waals surface area (Å²) in [5, 5.41) is 9.71. The zero-order chi connectivity index (χ0) is 30.4. The minimum atomic E-state index is -3.67. The second-order valence-corrected chi connectivity index (χ2v) is 13.1. The molecule has 1 aliphatic heterocycles. The van der Waals surface area contributed by atoms with Crippen molar-refractivity contribution in [1.82, 2.24) is 24.0 Å². The van der Waals surface area contributed by atoms with E-state index in [1.54, 1.807) is 48.0 Å². The maximum Gasteiger partial charge on any atom is 0.243 e. The molecule has 2 heterocycles. The number of carbonyl (C=O) groups excluding carboxylic acids is 1. The molecule has 1 amide bonds. The Morgan fingerprint density at radius 2 is 1.67 bits per heavy atom. The number of methoxy groups -OCH3 is 2. The molecule has 1 aromatic heterocycles. The van der Waals surface area contributed by atoms with Crippen LogP contribution < -0.4 is 9.47 Å². The first kappa shape index (κ1) is 30.6. The van der Waals surface area contributed by atoms with Crippen LogP contribution in [0.4, 0.5) is 0 Å². The van der Waals surface area contributed by atoms with Crippen LogP contribution in [-0.2, 0) is 14.8 Å². The van der Waals surface area contributed by atoms with Crippen LogP contribution in [0, 0.1) is 0 Å². The van der Waals surface area contributed by atoms with Crippen molar-refractivity contribution in [3.05, 3.63) is 78.9 Å². The fourth-order valence-electron chi connectivity index (χ4n) is 5.07. The van der Waals surface area contributed by atoms with Crippen molar-refractivity contribution in [2.75, 3.05) is 39.6 Å². The second kappa shape index (κ2) is 13.6. The van der Waals surface area contributed by atoms with E-state index in [0.29, 0.717) is 43.3 Å². The summed E-state index contributed by atoms with van der Waals surface area (Å²) in [5.41, 5.74) is 1.83. The van der Waals surface area contributed by atoms with Crippen molar-refractivity contribution >= 4 is 27.7 Å². The van der Waals surface area contributed by atoms with Crippen LogP contribution in [0.2, 0.25) is 0 Å². The zero-order valence-corrected chi connectivity index (χ0v) is 26.1. The van der Waals surface area contributed by atoms with Crippen molar-refractivity contribution in [1.29, 1.82) is 0 Å². The molecule has 226 valence electrons. The lowest BCUT2D eigenvalue weighted by Crippen LogP contribution is -2.55. The average Bonchev–Trinajstić information content (AvgIpc) is 3.47. The van der Waals surface area contributed by atoms with Gasteiger partial charge in [0.05, 0.1) is 19.1 Å². The molecule has 1 fully saturated rings. The Morgan fingerprint density at radius 3 is 2.37 bits per heavy atom. The Kier molecular flexibility index (Phi) is 9.69. The Bertz CT molecular complexity index is 1640. The minimum absolute atomic E-state index is 0.0236. The molecule has 0 aliphatic carbocycles. The van der Waals surface area contributed by atoms with Crippen molar-refractivity contribution < 1.29 is 22.7 Å². The van der Waals surface area contributed by atoms with Gasteiger partial charge < -0.3 is 14.4 Å². The van der Waals surface area contributed by atoms with Gasteiger partial charge in [0.25, 0.3) is 0 Å². The normalized spacial score (nSPS) is 15.8. The van der Waals surface area contributed by atoms with E-state index in [-0.39, 0.29) is 23.4 Å². The topological polar surface area (TPSA) is 107 Å². The third-order valence-corrected chi connectivity index (χ3v) is 10.4. The average molecular weight is 622 g/mol. The predicted octanol–water partition coefficient (Wildman–Crippen LogP) is 4.75. The molecule has 1 atom stereocenters. The van der Waals surface area contributed by atoms with E-state index in [4.69, 9.17) is 9.47 Å². The summed E-state index contributed by atoms with van der Waals surface area (Å²) >= 11 is 1.55. The van der Waals surface area contributed by atoms with Gasteiger partial charge in [-0.25, -0.2) is 8.42 Å². The third-order valence-electron chi connectivity index (χ3n) is 7.33. The van der Waals surface area contributed by atoms with E-state index in [1.807, 2.05) is 66.1 Å². The van der Waals surface area contributed by atoms with Gasteiger partial charge in [0.2, 0.25) is 15.9 Å². The highest BCUT2D eigenvalue weighted by molar-refractivity contribution is 7.99. The highest BCUT2D eigenvalue weighted by Crippen LogP contribution is 2.30. The largest absolute Gasteiger partial charge is 0.497 e. The molecule has 0 saturated carbocycles. The maximum atomic E-state index is 13.2. The molecule has 10 nitrogen and oxygen atoms in total. The fourth-order valence-corrected chi connectivity index (χ4v) is 7.58. The lowest BCUT2D eigenvalue weighted by atomic mass is 10.2. The predicted molar refractivity (Wildman–Crippen MR) is 166 cm³/mol. The first-order valence-corrected chi connectivity index (χ1v) is 16.5. The zero-order valence-electron chi connectivity index (χ0n) is 24.4. The van der Waals surface area contributed by atoms with Crippen LogP contribution in [0.25, 0.3) is 17.1 Å². The number of hydrogen-bond donors (Lipinski definition) is 0. The lowest BCUT2D eigenvalue weighted by Gasteiger charge is -2.39. The quantitative estimate of drug-likeness (QED) is 0.175. The smallest absolute Gasteiger partial charge is 0.243 e. The van der Waals surface area contributed by atoms with Gasteiger partial charge in [0, 0.05) is 49.1 Å². The highest BCUT2D eigenvalue weighted by Gasteiger charge is 2.35. The van der Waals surface area contributed by atoms with Crippen molar-refractivity contribution in [3.63, 3.8) is 0 Å². The molecule has 1 aliphatic rings. The molecular formula is C31H35N5O5S2. The Hall–Kier alpha value is -3.87. The van der Waals surface area contributed by atoms with Gasteiger partial charge in [-0.3, -0.25) is 9.36 Å². The molecule has 3 aromatic carbocycles. The first-order chi connectivity index (χ1) is 20.8. The summed E-state index contributed by atoms with van der Waals surface area (Å²) in [5.74, 6) is 2.74. The van der Waals surface area contributed by atoms with Crippen molar-refractivity contribution in [2.24, 2.45) is 0 Å². The van der Waals surface area contributed by atoms with Gasteiger partial charge in [-0.1, -0.05) is 42.1 Å². The van der Waals surface area contributed by atoms with Crippen LogP contribution in [-0.4, -0.2) is 83.9 Å². The molecule has 0 bridgehead atoms. The van der Waals surface area contributed by atoms with E-state index in [9.17, 15) is 13.2 Å². The van der Waals surface area contributed by atoms with E-state index in [0.717, 1.165) is 22.2 Å². The number of thioether (sulfide) groups is 1. The molecule has 12 heteroatoms. The first-order valence-electron chi connectivity index (χ1n) is 14.0. The summed E-state index contributed by atoms with van der Waals surface area (Å²) in [6.07, 6.45) is 1.02. The number of aromatic nitrogens is 3. The number of hydrogen-bond acceptors (Lipinski definition) is 8. The van der Waals surface area contributed by atoms with Crippen LogP contribution in [0.1, 0.15) is 19.8 Å². The number of rotatable bonds is 11. The molecule has 1 saturated heterocycles. The molecule has 0 radical (unpaired) electrons.